The number of hydrogen-bond acceptors (Lipinski definition) is 5. The van der Waals surface area contributed by atoms with Gasteiger partial charge in [-0.2, -0.15) is 8.78 Å². The van der Waals surface area contributed by atoms with E-state index in [0.717, 1.165) is 0 Å². The number of halogens is 2. The van der Waals surface area contributed by atoms with E-state index in [1.165, 1.54) is 36.4 Å². The molecule has 0 spiro atoms. The van der Waals surface area contributed by atoms with Gasteiger partial charge in [-0.3, -0.25) is 14.9 Å². The fourth-order valence-corrected chi connectivity index (χ4v) is 2.07. The van der Waals surface area contributed by atoms with Gasteiger partial charge in [-0.25, -0.2) is 0 Å². The van der Waals surface area contributed by atoms with Crippen LogP contribution in [0.5, 0.6) is 5.75 Å². The first kappa shape index (κ1) is 18.1. The monoisotopic (exact) mass is 351 g/mol. The summed E-state index contributed by atoms with van der Waals surface area (Å²) in [6.45, 7) is -2.87. The molecule has 0 radical (unpaired) electrons. The number of carbonyl (C=O) groups excluding carboxylic acids is 1. The quantitative estimate of drug-likeness (QED) is 0.559. The molecule has 0 aliphatic heterocycles. The van der Waals surface area contributed by atoms with Crippen LogP contribution in [0.1, 0.15) is 6.42 Å². The summed E-state index contributed by atoms with van der Waals surface area (Å²) in [7, 11) is 0. The standard InChI is InChI=1S/C16H15F2N3O4/c17-16(18)25-14-8-4-2-6-12(14)20-15(22)9-10-19-11-5-1-3-7-13(11)21(23)24/h1-8,16,19H,9-10H2,(H,20,22). The molecule has 2 aromatic carbocycles. The predicted molar refractivity (Wildman–Crippen MR) is 87.9 cm³/mol. The Balaban J connectivity index is 1.91. The molecule has 0 aromatic heterocycles. The summed E-state index contributed by atoms with van der Waals surface area (Å²) in [5.74, 6) is -0.589. The fraction of sp³-hybridized carbons (Fsp3) is 0.188. The molecule has 132 valence electrons. The molecule has 0 aliphatic carbocycles. The number of rotatable bonds is 8. The molecular formula is C16H15F2N3O4. The third-order valence-electron chi connectivity index (χ3n) is 3.15. The maximum atomic E-state index is 12.3. The lowest BCUT2D eigenvalue weighted by atomic mass is 10.2. The molecule has 0 atom stereocenters. The van der Waals surface area contributed by atoms with E-state index in [-0.39, 0.29) is 30.1 Å². The van der Waals surface area contributed by atoms with Crippen LogP contribution in [-0.2, 0) is 4.79 Å². The molecule has 7 nitrogen and oxygen atoms in total. The smallest absolute Gasteiger partial charge is 0.387 e. The number of amides is 1. The Labute approximate surface area is 141 Å². The Hall–Kier alpha value is -3.23. The van der Waals surface area contributed by atoms with Crippen molar-refractivity contribution in [2.75, 3.05) is 17.2 Å². The normalized spacial score (nSPS) is 10.4. The van der Waals surface area contributed by atoms with E-state index in [2.05, 4.69) is 15.4 Å². The average molecular weight is 351 g/mol. The van der Waals surface area contributed by atoms with Crippen LogP contribution >= 0.6 is 0 Å². The van der Waals surface area contributed by atoms with Gasteiger partial charge in [-0.05, 0) is 18.2 Å². The number of hydrogen-bond donors (Lipinski definition) is 2. The molecule has 0 bridgehead atoms. The molecule has 0 heterocycles. The van der Waals surface area contributed by atoms with Gasteiger partial charge >= 0.3 is 6.61 Å². The Morgan fingerprint density at radius 1 is 1.12 bits per heavy atom. The van der Waals surface area contributed by atoms with Crippen LogP contribution in [0, 0.1) is 10.1 Å². The van der Waals surface area contributed by atoms with Crippen molar-refractivity contribution in [2.45, 2.75) is 13.0 Å². The minimum absolute atomic E-state index is 0.0188. The highest BCUT2D eigenvalue weighted by atomic mass is 19.3. The van der Waals surface area contributed by atoms with Crippen molar-refractivity contribution in [3.8, 4) is 5.75 Å². The summed E-state index contributed by atoms with van der Waals surface area (Å²) in [4.78, 5) is 22.3. The molecule has 0 fully saturated rings. The number of nitrogens with one attached hydrogen (secondary N) is 2. The number of carbonyl (C=O) groups is 1. The summed E-state index contributed by atoms with van der Waals surface area (Å²) in [5.41, 5.74) is 0.318. The van der Waals surface area contributed by atoms with Crippen molar-refractivity contribution in [2.24, 2.45) is 0 Å². The largest absolute Gasteiger partial charge is 0.433 e. The van der Waals surface area contributed by atoms with Crippen LogP contribution in [-0.4, -0.2) is 24.0 Å². The maximum absolute atomic E-state index is 12.3. The summed E-state index contributed by atoms with van der Waals surface area (Å²) < 4.78 is 29.0. The summed E-state index contributed by atoms with van der Waals surface area (Å²) in [6.07, 6.45) is -0.0188. The molecule has 0 unspecified atom stereocenters. The molecule has 9 heteroatoms. The third-order valence-corrected chi connectivity index (χ3v) is 3.15. The Morgan fingerprint density at radius 2 is 1.76 bits per heavy atom. The van der Waals surface area contributed by atoms with Gasteiger partial charge in [0.2, 0.25) is 5.91 Å². The van der Waals surface area contributed by atoms with Crippen molar-refractivity contribution in [3.05, 3.63) is 58.6 Å². The van der Waals surface area contributed by atoms with Crippen molar-refractivity contribution in [1.29, 1.82) is 0 Å². The van der Waals surface area contributed by atoms with E-state index in [0.29, 0.717) is 5.69 Å². The van der Waals surface area contributed by atoms with Gasteiger partial charge in [0, 0.05) is 19.0 Å². The summed E-state index contributed by atoms with van der Waals surface area (Å²) >= 11 is 0. The number of anilines is 2. The minimum atomic E-state index is -3.00. The van der Waals surface area contributed by atoms with Gasteiger partial charge in [0.1, 0.15) is 11.4 Å². The van der Waals surface area contributed by atoms with Gasteiger partial charge in [-0.15, -0.1) is 0 Å². The van der Waals surface area contributed by atoms with Crippen molar-refractivity contribution in [3.63, 3.8) is 0 Å². The Kier molecular flexibility index (Phi) is 6.21. The summed E-state index contributed by atoms with van der Waals surface area (Å²) in [5, 5.41) is 16.2. The second kappa shape index (κ2) is 8.57. The zero-order valence-corrected chi connectivity index (χ0v) is 12.9. The molecule has 0 saturated heterocycles. The highest BCUT2D eigenvalue weighted by molar-refractivity contribution is 5.92. The first-order valence-corrected chi connectivity index (χ1v) is 7.28. The number of nitro groups is 1. The van der Waals surface area contributed by atoms with Crippen molar-refractivity contribution >= 4 is 23.0 Å². The van der Waals surface area contributed by atoms with Crippen LogP contribution < -0.4 is 15.4 Å². The molecule has 1 amide bonds. The first-order chi connectivity index (χ1) is 12.0. The molecule has 0 aliphatic rings. The van der Waals surface area contributed by atoms with Gasteiger partial charge < -0.3 is 15.4 Å². The zero-order chi connectivity index (χ0) is 18.2. The number of alkyl halides is 2. The topological polar surface area (TPSA) is 93.5 Å². The van der Waals surface area contributed by atoms with E-state index in [1.807, 2.05) is 0 Å². The zero-order valence-electron chi connectivity index (χ0n) is 12.9. The number of ether oxygens (including phenoxy) is 1. The van der Waals surface area contributed by atoms with Gasteiger partial charge in [0.05, 0.1) is 10.6 Å². The highest BCUT2D eigenvalue weighted by Gasteiger charge is 2.13. The summed E-state index contributed by atoms with van der Waals surface area (Å²) in [6, 6.07) is 11.9. The lowest BCUT2D eigenvalue weighted by Gasteiger charge is -2.12. The van der Waals surface area contributed by atoms with E-state index in [1.54, 1.807) is 12.1 Å². The van der Waals surface area contributed by atoms with Gasteiger partial charge in [0.15, 0.2) is 0 Å². The van der Waals surface area contributed by atoms with Crippen LogP contribution in [0.3, 0.4) is 0 Å². The number of nitrogens with zero attached hydrogens (tertiary/aromatic N) is 1. The molecule has 2 rings (SSSR count). The molecule has 0 saturated carbocycles. The lowest BCUT2D eigenvalue weighted by Crippen LogP contribution is -2.17. The van der Waals surface area contributed by atoms with Crippen LogP contribution in [0.25, 0.3) is 0 Å². The van der Waals surface area contributed by atoms with E-state index in [4.69, 9.17) is 0 Å². The second-order valence-corrected chi connectivity index (χ2v) is 4.87. The Morgan fingerprint density at radius 3 is 2.44 bits per heavy atom. The second-order valence-electron chi connectivity index (χ2n) is 4.87. The molecular weight excluding hydrogens is 336 g/mol. The van der Waals surface area contributed by atoms with E-state index in [9.17, 15) is 23.7 Å². The van der Waals surface area contributed by atoms with E-state index >= 15 is 0 Å². The third kappa shape index (κ3) is 5.41. The highest BCUT2D eigenvalue weighted by Crippen LogP contribution is 2.26. The van der Waals surface area contributed by atoms with Crippen molar-refractivity contribution < 1.29 is 23.2 Å². The predicted octanol–water partition coefficient (Wildman–Crippen LogP) is 3.64. The van der Waals surface area contributed by atoms with E-state index < -0.39 is 17.4 Å². The number of para-hydroxylation sites is 4. The van der Waals surface area contributed by atoms with Gasteiger partial charge in [0.25, 0.3) is 5.69 Å². The van der Waals surface area contributed by atoms with Crippen molar-refractivity contribution in [1.82, 2.24) is 0 Å². The molecule has 2 aromatic rings. The molecule has 2 N–H and O–H groups in total. The number of benzene rings is 2. The van der Waals surface area contributed by atoms with Gasteiger partial charge in [-0.1, -0.05) is 24.3 Å². The fourth-order valence-electron chi connectivity index (χ4n) is 2.07. The first-order valence-electron chi connectivity index (χ1n) is 7.28. The average Bonchev–Trinajstić information content (AvgIpc) is 2.56. The lowest BCUT2D eigenvalue weighted by molar-refractivity contribution is -0.384. The molecule has 25 heavy (non-hydrogen) atoms. The maximum Gasteiger partial charge on any atom is 0.387 e. The van der Waals surface area contributed by atoms with Crippen LogP contribution in [0.15, 0.2) is 48.5 Å². The minimum Gasteiger partial charge on any atom is -0.433 e. The SMILES string of the molecule is O=C(CCNc1ccccc1[N+](=O)[O-])Nc1ccccc1OC(F)F. The Bertz CT molecular complexity index is 756. The number of nitro benzene ring substituents is 1. The van der Waals surface area contributed by atoms with Crippen LogP contribution in [0.4, 0.5) is 25.8 Å². The van der Waals surface area contributed by atoms with Crippen LogP contribution in [0.2, 0.25) is 0 Å².